The van der Waals surface area contributed by atoms with E-state index in [4.69, 9.17) is 21.1 Å². The van der Waals surface area contributed by atoms with Crippen LogP contribution < -0.4 is 5.32 Å². The van der Waals surface area contributed by atoms with Gasteiger partial charge in [0.25, 0.3) is 0 Å². The van der Waals surface area contributed by atoms with Crippen LogP contribution in [0.15, 0.2) is 67.6 Å². The number of hydrogen-bond donors (Lipinski definition) is 1. The highest BCUT2D eigenvalue weighted by molar-refractivity contribution is 6.32. The Hall–Kier alpha value is -3.65. The zero-order valence-electron chi connectivity index (χ0n) is 14.5. The number of anilines is 1. The topological polar surface area (TPSA) is 95.3 Å². The van der Waals surface area contributed by atoms with Crippen molar-refractivity contribution in [3.05, 3.63) is 83.8 Å². The molecule has 2 heterocycles. The van der Waals surface area contributed by atoms with Crippen LogP contribution in [0.3, 0.4) is 0 Å². The van der Waals surface area contributed by atoms with E-state index in [0.29, 0.717) is 0 Å². The van der Waals surface area contributed by atoms with Crippen LogP contribution in [-0.4, -0.2) is 26.8 Å². The van der Waals surface area contributed by atoms with E-state index in [2.05, 4.69) is 22.0 Å². The highest BCUT2D eigenvalue weighted by atomic mass is 35.5. The van der Waals surface area contributed by atoms with Crippen LogP contribution >= 0.6 is 11.6 Å². The summed E-state index contributed by atoms with van der Waals surface area (Å²) >= 11 is 6.14. The SMILES string of the molecule is C=COC(=O)c1cc(NC(=O)OCc2ccccc2)nn1-c1ncccc1Cl. The van der Waals surface area contributed by atoms with Crippen molar-refractivity contribution in [1.29, 1.82) is 0 Å². The minimum Gasteiger partial charge on any atom is -0.444 e. The van der Waals surface area contributed by atoms with E-state index in [0.717, 1.165) is 11.8 Å². The Labute approximate surface area is 165 Å². The first kappa shape index (κ1) is 19.1. The molecule has 0 saturated carbocycles. The highest BCUT2D eigenvalue weighted by Crippen LogP contribution is 2.21. The van der Waals surface area contributed by atoms with Gasteiger partial charge in [0.2, 0.25) is 0 Å². The van der Waals surface area contributed by atoms with Gasteiger partial charge in [-0.15, -0.1) is 5.10 Å². The summed E-state index contributed by atoms with van der Waals surface area (Å²) in [6.07, 6.45) is 1.75. The predicted octanol–water partition coefficient (Wildman–Crippen LogP) is 3.97. The lowest BCUT2D eigenvalue weighted by Crippen LogP contribution is -2.14. The van der Waals surface area contributed by atoms with Crippen LogP contribution in [0.5, 0.6) is 0 Å². The van der Waals surface area contributed by atoms with Crippen molar-refractivity contribution in [2.45, 2.75) is 6.61 Å². The molecular weight excluding hydrogens is 384 g/mol. The average molecular weight is 399 g/mol. The first-order valence-electron chi connectivity index (χ1n) is 8.09. The maximum absolute atomic E-state index is 12.2. The molecule has 0 unspecified atom stereocenters. The summed E-state index contributed by atoms with van der Waals surface area (Å²) in [7, 11) is 0. The fraction of sp³-hybridized carbons (Fsp3) is 0.0526. The normalized spacial score (nSPS) is 10.2. The molecule has 0 spiro atoms. The quantitative estimate of drug-likeness (QED) is 0.498. The minimum absolute atomic E-state index is 0.00106. The molecule has 3 aromatic rings. The van der Waals surface area contributed by atoms with E-state index in [1.807, 2.05) is 30.3 Å². The molecule has 3 rings (SSSR count). The Morgan fingerprint density at radius 3 is 2.71 bits per heavy atom. The lowest BCUT2D eigenvalue weighted by molar-refractivity contribution is 0.0654. The molecule has 0 aliphatic carbocycles. The standard InChI is InChI=1S/C19H15ClN4O4/c1-2-27-18(25)15-11-16(23-24(15)17-14(20)9-6-10-21-17)22-19(26)28-12-13-7-4-3-5-8-13/h2-11H,1,12H2,(H,22,23,26). The van der Waals surface area contributed by atoms with Gasteiger partial charge >= 0.3 is 12.1 Å². The molecule has 28 heavy (non-hydrogen) atoms. The number of nitrogens with zero attached hydrogens (tertiary/aromatic N) is 3. The Bertz CT molecular complexity index is 1000. The molecule has 0 aliphatic rings. The van der Waals surface area contributed by atoms with Gasteiger partial charge in [-0.2, -0.15) is 0 Å². The van der Waals surface area contributed by atoms with Crippen molar-refractivity contribution >= 4 is 29.5 Å². The minimum atomic E-state index is -0.741. The third-order valence-electron chi connectivity index (χ3n) is 3.49. The molecule has 142 valence electrons. The Kier molecular flexibility index (Phi) is 6.03. The van der Waals surface area contributed by atoms with Crippen molar-refractivity contribution < 1.29 is 19.1 Å². The number of hydrogen-bond acceptors (Lipinski definition) is 6. The first-order chi connectivity index (χ1) is 13.6. The molecule has 1 N–H and O–H groups in total. The summed E-state index contributed by atoms with van der Waals surface area (Å²) in [6, 6.07) is 13.7. The van der Waals surface area contributed by atoms with Gasteiger partial charge in [0.1, 0.15) is 6.61 Å². The largest absolute Gasteiger partial charge is 0.444 e. The van der Waals surface area contributed by atoms with E-state index < -0.39 is 12.1 Å². The number of benzene rings is 1. The van der Waals surface area contributed by atoms with Crippen LogP contribution in [0.4, 0.5) is 10.6 Å². The third-order valence-corrected chi connectivity index (χ3v) is 3.79. The zero-order valence-corrected chi connectivity index (χ0v) is 15.3. The van der Waals surface area contributed by atoms with Gasteiger partial charge in [0.15, 0.2) is 17.3 Å². The monoisotopic (exact) mass is 398 g/mol. The average Bonchev–Trinajstić information content (AvgIpc) is 3.11. The number of esters is 1. The van der Waals surface area contributed by atoms with Crippen LogP contribution in [0.25, 0.3) is 5.82 Å². The molecule has 0 fully saturated rings. The Balaban J connectivity index is 1.80. The molecule has 0 aliphatic heterocycles. The number of carbonyl (C=O) groups is 2. The number of ether oxygens (including phenoxy) is 2. The number of aromatic nitrogens is 3. The second-order valence-electron chi connectivity index (χ2n) is 5.39. The number of halogens is 1. The van der Waals surface area contributed by atoms with E-state index in [1.54, 1.807) is 12.1 Å². The Morgan fingerprint density at radius 2 is 2.00 bits per heavy atom. The number of nitrogens with one attached hydrogen (secondary N) is 1. The molecule has 1 amide bonds. The third kappa shape index (κ3) is 4.54. The molecule has 0 radical (unpaired) electrons. The number of amides is 1. The summed E-state index contributed by atoms with van der Waals surface area (Å²) in [5.41, 5.74) is 0.831. The van der Waals surface area contributed by atoms with E-state index in [9.17, 15) is 9.59 Å². The maximum Gasteiger partial charge on any atom is 0.413 e. The van der Waals surface area contributed by atoms with Crippen molar-refractivity contribution in [3.63, 3.8) is 0 Å². The molecule has 0 bridgehead atoms. The van der Waals surface area contributed by atoms with E-state index in [-0.39, 0.29) is 29.0 Å². The second kappa shape index (κ2) is 8.83. The lowest BCUT2D eigenvalue weighted by atomic mass is 10.2. The van der Waals surface area contributed by atoms with Crippen LogP contribution in [0.1, 0.15) is 16.1 Å². The van der Waals surface area contributed by atoms with E-state index >= 15 is 0 Å². The van der Waals surface area contributed by atoms with Gasteiger partial charge in [-0.1, -0.05) is 48.5 Å². The van der Waals surface area contributed by atoms with Gasteiger partial charge in [-0.05, 0) is 17.7 Å². The number of carbonyl (C=O) groups excluding carboxylic acids is 2. The van der Waals surface area contributed by atoms with Crippen molar-refractivity contribution in [1.82, 2.24) is 14.8 Å². The molecule has 0 saturated heterocycles. The van der Waals surface area contributed by atoms with E-state index in [1.165, 1.54) is 16.9 Å². The van der Waals surface area contributed by atoms with Crippen molar-refractivity contribution in [3.8, 4) is 5.82 Å². The predicted molar refractivity (Wildman–Crippen MR) is 102 cm³/mol. The molecule has 0 atom stereocenters. The van der Waals surface area contributed by atoms with Gasteiger partial charge in [0, 0.05) is 12.3 Å². The molecule has 9 heteroatoms. The summed E-state index contributed by atoms with van der Waals surface area (Å²) in [5.74, 6) is -0.475. The maximum atomic E-state index is 12.2. The Morgan fingerprint density at radius 1 is 1.21 bits per heavy atom. The fourth-order valence-corrected chi connectivity index (χ4v) is 2.48. The lowest BCUT2D eigenvalue weighted by Gasteiger charge is -2.06. The molecular formula is C19H15ClN4O4. The zero-order chi connectivity index (χ0) is 19.9. The fourth-order valence-electron chi connectivity index (χ4n) is 2.28. The summed E-state index contributed by atoms with van der Waals surface area (Å²) in [6.45, 7) is 3.44. The summed E-state index contributed by atoms with van der Waals surface area (Å²) in [4.78, 5) is 28.4. The highest BCUT2D eigenvalue weighted by Gasteiger charge is 2.21. The smallest absolute Gasteiger partial charge is 0.413 e. The van der Waals surface area contributed by atoms with Crippen LogP contribution in [0, 0.1) is 0 Å². The molecule has 2 aromatic heterocycles. The molecule has 8 nitrogen and oxygen atoms in total. The van der Waals surface area contributed by atoms with Crippen LogP contribution in [-0.2, 0) is 16.1 Å². The van der Waals surface area contributed by atoms with Crippen molar-refractivity contribution in [2.75, 3.05) is 5.32 Å². The van der Waals surface area contributed by atoms with Crippen LogP contribution in [0.2, 0.25) is 5.02 Å². The number of pyridine rings is 1. The second-order valence-corrected chi connectivity index (χ2v) is 5.80. The van der Waals surface area contributed by atoms with Gasteiger partial charge in [-0.25, -0.2) is 19.3 Å². The van der Waals surface area contributed by atoms with Crippen molar-refractivity contribution in [2.24, 2.45) is 0 Å². The number of rotatable bonds is 6. The van der Waals surface area contributed by atoms with Gasteiger partial charge in [0.05, 0.1) is 11.3 Å². The first-order valence-corrected chi connectivity index (χ1v) is 8.47. The van der Waals surface area contributed by atoms with Gasteiger partial charge < -0.3 is 9.47 Å². The summed E-state index contributed by atoms with van der Waals surface area (Å²) in [5, 5.41) is 6.88. The molecule has 1 aromatic carbocycles. The van der Waals surface area contributed by atoms with Gasteiger partial charge in [-0.3, -0.25) is 5.32 Å². The summed E-state index contributed by atoms with van der Waals surface area (Å²) < 4.78 is 11.1.